The highest BCUT2D eigenvalue weighted by molar-refractivity contribution is 5.53. The highest BCUT2D eigenvalue weighted by atomic mass is 15.3. The van der Waals surface area contributed by atoms with E-state index < -0.39 is 0 Å². The lowest BCUT2D eigenvalue weighted by Gasteiger charge is -2.36. The molecule has 0 saturated carbocycles. The maximum absolute atomic E-state index is 4.14. The Morgan fingerprint density at radius 2 is 1.85 bits per heavy atom. The summed E-state index contributed by atoms with van der Waals surface area (Å²) in [5.41, 5.74) is 2.74. The maximum atomic E-state index is 4.14. The molecule has 0 unspecified atom stereocenters. The molecule has 1 aromatic heterocycles. The van der Waals surface area contributed by atoms with E-state index in [1.54, 1.807) is 12.7 Å². The second-order valence-corrected chi connectivity index (χ2v) is 5.27. The monoisotopic (exact) mass is 271 g/mol. The normalized spacial score (nSPS) is 16.6. The van der Waals surface area contributed by atoms with Gasteiger partial charge in [0.25, 0.3) is 0 Å². The third kappa shape index (κ3) is 2.99. The molecule has 0 bridgehead atoms. The average molecular weight is 271 g/mol. The first-order valence-corrected chi connectivity index (χ1v) is 7.18. The Morgan fingerprint density at radius 1 is 1.05 bits per heavy atom. The molecule has 1 fully saturated rings. The predicted molar refractivity (Wildman–Crippen MR) is 79.9 cm³/mol. The molecule has 0 atom stereocenters. The van der Waals surface area contributed by atoms with Crippen molar-refractivity contribution in [2.45, 2.75) is 13.5 Å². The van der Waals surface area contributed by atoms with Crippen molar-refractivity contribution in [3.05, 3.63) is 42.5 Å². The fraction of sp³-hybridized carbons (Fsp3) is 0.467. The number of aryl methyl sites for hydroxylation is 1. The maximum Gasteiger partial charge on any atom is 0.137 e. The standard InChI is InChI=1S/C15H21N5/c1-14-4-2-3-5-15(14)19-9-6-18(7-10-19)8-11-20-13-16-12-17-20/h2-5,12-13H,6-11H2,1H3. The van der Waals surface area contributed by atoms with Crippen LogP contribution in [0, 0.1) is 6.92 Å². The zero-order valence-corrected chi connectivity index (χ0v) is 11.9. The summed E-state index contributed by atoms with van der Waals surface area (Å²) in [5.74, 6) is 0. The molecule has 1 aromatic carbocycles. The van der Waals surface area contributed by atoms with E-state index in [0.29, 0.717) is 0 Å². The first-order chi connectivity index (χ1) is 9.83. The molecule has 1 aliphatic heterocycles. The van der Waals surface area contributed by atoms with Gasteiger partial charge in [0, 0.05) is 38.4 Å². The number of piperazine rings is 1. The van der Waals surface area contributed by atoms with Crippen molar-refractivity contribution in [1.29, 1.82) is 0 Å². The Morgan fingerprint density at radius 3 is 2.55 bits per heavy atom. The third-order valence-corrected chi connectivity index (χ3v) is 3.94. The largest absolute Gasteiger partial charge is 0.369 e. The van der Waals surface area contributed by atoms with Crippen LogP contribution in [0.3, 0.4) is 0 Å². The zero-order valence-electron chi connectivity index (χ0n) is 11.9. The van der Waals surface area contributed by atoms with Crippen LogP contribution in [0.25, 0.3) is 0 Å². The Labute approximate surface area is 119 Å². The number of hydrogen-bond donors (Lipinski definition) is 0. The molecule has 0 amide bonds. The molecule has 0 radical (unpaired) electrons. The number of para-hydroxylation sites is 1. The lowest BCUT2D eigenvalue weighted by atomic mass is 10.1. The van der Waals surface area contributed by atoms with Crippen LogP contribution in [0.1, 0.15) is 5.56 Å². The van der Waals surface area contributed by atoms with Crippen molar-refractivity contribution in [2.75, 3.05) is 37.6 Å². The van der Waals surface area contributed by atoms with Gasteiger partial charge in [0.05, 0.1) is 6.54 Å². The first-order valence-electron chi connectivity index (χ1n) is 7.18. The summed E-state index contributed by atoms with van der Waals surface area (Å²) in [5, 5.41) is 4.14. The zero-order chi connectivity index (χ0) is 13.8. The Kier molecular flexibility index (Phi) is 3.97. The molecule has 5 nitrogen and oxygen atoms in total. The summed E-state index contributed by atoms with van der Waals surface area (Å²) in [6.45, 7) is 8.58. The quantitative estimate of drug-likeness (QED) is 0.842. The Balaban J connectivity index is 1.51. The summed E-state index contributed by atoms with van der Waals surface area (Å²) < 4.78 is 1.90. The second-order valence-electron chi connectivity index (χ2n) is 5.27. The molecule has 1 saturated heterocycles. The number of aromatic nitrogens is 3. The number of hydrogen-bond acceptors (Lipinski definition) is 4. The van der Waals surface area contributed by atoms with Crippen LogP contribution in [0.15, 0.2) is 36.9 Å². The van der Waals surface area contributed by atoms with Crippen LogP contribution < -0.4 is 4.90 Å². The van der Waals surface area contributed by atoms with Crippen LogP contribution in [0.4, 0.5) is 5.69 Å². The minimum Gasteiger partial charge on any atom is -0.369 e. The molecule has 106 valence electrons. The molecular formula is C15H21N5. The number of nitrogens with zero attached hydrogens (tertiary/aromatic N) is 5. The van der Waals surface area contributed by atoms with E-state index in [0.717, 1.165) is 39.3 Å². The average Bonchev–Trinajstić information content (AvgIpc) is 3.00. The summed E-state index contributed by atoms with van der Waals surface area (Å²) in [6, 6.07) is 8.64. The summed E-state index contributed by atoms with van der Waals surface area (Å²) in [7, 11) is 0. The molecule has 0 spiro atoms. The molecule has 1 aliphatic rings. The van der Waals surface area contributed by atoms with Crippen molar-refractivity contribution >= 4 is 5.69 Å². The van der Waals surface area contributed by atoms with Gasteiger partial charge in [-0.15, -0.1) is 0 Å². The van der Waals surface area contributed by atoms with Crippen molar-refractivity contribution in [3.8, 4) is 0 Å². The summed E-state index contributed by atoms with van der Waals surface area (Å²) in [4.78, 5) is 8.96. The van der Waals surface area contributed by atoms with E-state index in [2.05, 4.69) is 51.1 Å². The van der Waals surface area contributed by atoms with Gasteiger partial charge in [-0.1, -0.05) is 18.2 Å². The fourth-order valence-corrected chi connectivity index (χ4v) is 2.72. The van der Waals surface area contributed by atoms with Crippen LogP contribution in [-0.2, 0) is 6.54 Å². The van der Waals surface area contributed by atoms with Gasteiger partial charge >= 0.3 is 0 Å². The predicted octanol–water partition coefficient (Wildman–Crippen LogP) is 1.41. The van der Waals surface area contributed by atoms with Crippen LogP contribution in [-0.4, -0.2) is 52.4 Å². The molecular weight excluding hydrogens is 250 g/mol. The van der Waals surface area contributed by atoms with Crippen molar-refractivity contribution < 1.29 is 0 Å². The smallest absolute Gasteiger partial charge is 0.137 e. The van der Waals surface area contributed by atoms with Crippen LogP contribution in [0.2, 0.25) is 0 Å². The van der Waals surface area contributed by atoms with Crippen LogP contribution >= 0.6 is 0 Å². The Hall–Kier alpha value is -1.88. The van der Waals surface area contributed by atoms with E-state index in [1.807, 2.05) is 4.68 Å². The second kappa shape index (κ2) is 6.05. The highest BCUT2D eigenvalue weighted by Crippen LogP contribution is 2.20. The van der Waals surface area contributed by atoms with Gasteiger partial charge in [-0.3, -0.25) is 9.58 Å². The van der Waals surface area contributed by atoms with E-state index in [4.69, 9.17) is 0 Å². The SMILES string of the molecule is Cc1ccccc1N1CCN(CCn2cncn2)CC1. The van der Waals surface area contributed by atoms with Gasteiger partial charge in [0.2, 0.25) is 0 Å². The lowest BCUT2D eigenvalue weighted by molar-refractivity contribution is 0.244. The first kappa shape index (κ1) is 13.1. The molecule has 2 heterocycles. The van der Waals surface area contributed by atoms with Crippen molar-refractivity contribution in [3.63, 3.8) is 0 Å². The van der Waals surface area contributed by atoms with E-state index >= 15 is 0 Å². The van der Waals surface area contributed by atoms with Crippen molar-refractivity contribution in [2.24, 2.45) is 0 Å². The Bertz CT molecular complexity index is 529. The minimum atomic E-state index is 0.921. The molecule has 5 heteroatoms. The number of rotatable bonds is 4. The molecule has 2 aromatic rings. The van der Waals surface area contributed by atoms with Gasteiger partial charge in [-0.05, 0) is 18.6 Å². The molecule has 0 N–H and O–H groups in total. The fourth-order valence-electron chi connectivity index (χ4n) is 2.72. The third-order valence-electron chi connectivity index (χ3n) is 3.94. The van der Waals surface area contributed by atoms with E-state index in [-0.39, 0.29) is 0 Å². The molecule has 0 aliphatic carbocycles. The minimum absolute atomic E-state index is 0.921. The lowest BCUT2D eigenvalue weighted by Crippen LogP contribution is -2.47. The van der Waals surface area contributed by atoms with Gasteiger partial charge in [-0.25, -0.2) is 4.98 Å². The van der Waals surface area contributed by atoms with Crippen LogP contribution in [0.5, 0.6) is 0 Å². The number of anilines is 1. The molecule has 20 heavy (non-hydrogen) atoms. The molecule has 3 rings (SSSR count). The topological polar surface area (TPSA) is 37.2 Å². The van der Waals surface area contributed by atoms with Gasteiger partial charge < -0.3 is 4.90 Å². The van der Waals surface area contributed by atoms with E-state index in [9.17, 15) is 0 Å². The van der Waals surface area contributed by atoms with E-state index in [1.165, 1.54) is 11.3 Å². The van der Waals surface area contributed by atoms with Gasteiger partial charge in [0.15, 0.2) is 0 Å². The van der Waals surface area contributed by atoms with Crippen molar-refractivity contribution in [1.82, 2.24) is 19.7 Å². The number of benzene rings is 1. The summed E-state index contributed by atoms with van der Waals surface area (Å²) in [6.07, 6.45) is 3.37. The van der Waals surface area contributed by atoms with Gasteiger partial charge in [0.1, 0.15) is 12.7 Å². The van der Waals surface area contributed by atoms with Gasteiger partial charge in [-0.2, -0.15) is 5.10 Å². The summed E-state index contributed by atoms with van der Waals surface area (Å²) >= 11 is 0. The highest BCUT2D eigenvalue weighted by Gasteiger charge is 2.17.